The molecule has 4 N–H and O–H groups in total. The van der Waals surface area contributed by atoms with Gasteiger partial charge in [0.05, 0.1) is 36.3 Å². The van der Waals surface area contributed by atoms with E-state index in [1.165, 1.54) is 6.33 Å². The highest BCUT2D eigenvalue weighted by Crippen LogP contribution is 2.27. The maximum atomic E-state index is 12.8. The predicted molar refractivity (Wildman–Crippen MR) is 126 cm³/mol. The predicted octanol–water partition coefficient (Wildman–Crippen LogP) is 2.82. The molecule has 0 amide bonds. The summed E-state index contributed by atoms with van der Waals surface area (Å²) in [6, 6.07) is 13.5. The molecule has 9 nitrogen and oxygen atoms in total. The number of imidazole rings is 2. The van der Waals surface area contributed by atoms with Crippen molar-refractivity contribution in [3.8, 4) is 17.1 Å². The molecule has 33 heavy (non-hydrogen) atoms. The quantitative estimate of drug-likeness (QED) is 0.308. The summed E-state index contributed by atoms with van der Waals surface area (Å²) in [6.45, 7) is 1.86. The third kappa shape index (κ3) is 4.13. The van der Waals surface area contributed by atoms with Gasteiger partial charge in [-0.25, -0.2) is 15.0 Å². The van der Waals surface area contributed by atoms with E-state index in [2.05, 4.69) is 25.3 Å². The molecule has 5 aromatic rings. The number of hydrogen-bond acceptors (Lipinski definition) is 6. The van der Waals surface area contributed by atoms with Gasteiger partial charge >= 0.3 is 0 Å². The molecule has 2 aromatic carbocycles. The lowest BCUT2D eigenvalue weighted by molar-refractivity contribution is 0.273. The van der Waals surface area contributed by atoms with Gasteiger partial charge in [0.1, 0.15) is 17.2 Å². The first kappa shape index (κ1) is 20.7. The number of nitrogens with one attached hydrogen (secondary N) is 3. The maximum absolute atomic E-state index is 12.8. The minimum absolute atomic E-state index is 0.115. The van der Waals surface area contributed by atoms with Crippen molar-refractivity contribution >= 4 is 16.9 Å². The highest BCUT2D eigenvalue weighted by molar-refractivity contribution is 5.85. The Hall–Kier alpha value is -4.24. The van der Waals surface area contributed by atoms with E-state index in [0.717, 1.165) is 27.8 Å². The number of aliphatic hydroxyl groups excluding tert-OH is 1. The van der Waals surface area contributed by atoms with Gasteiger partial charge in [-0.3, -0.25) is 4.79 Å². The molecule has 3 aromatic heterocycles. The standard InChI is InChI=1S/C24H23N7O2/c1-15-9-18(31-8-7-25-14-31)11-19-21(15)30-23(29-19)20-22(26-13-27-24(20)33)28-17(12-32)10-16-5-3-2-4-6-16/h2-9,11,13-14,17,32H,10,12H2,1H3,(H,29,30)(H2,26,27,28,33)/t17-/m0/s1. The van der Waals surface area contributed by atoms with Crippen LogP contribution < -0.4 is 10.9 Å². The molecule has 0 radical (unpaired) electrons. The van der Waals surface area contributed by atoms with Crippen molar-refractivity contribution in [3.63, 3.8) is 0 Å². The van der Waals surface area contributed by atoms with Crippen LogP contribution in [-0.2, 0) is 6.42 Å². The van der Waals surface area contributed by atoms with Crippen molar-refractivity contribution in [2.45, 2.75) is 19.4 Å². The van der Waals surface area contributed by atoms with Crippen molar-refractivity contribution in [2.75, 3.05) is 11.9 Å². The van der Waals surface area contributed by atoms with Crippen molar-refractivity contribution in [2.24, 2.45) is 0 Å². The number of rotatable bonds is 7. The van der Waals surface area contributed by atoms with Gasteiger partial charge < -0.3 is 25.0 Å². The van der Waals surface area contributed by atoms with Gasteiger partial charge in [-0.1, -0.05) is 30.3 Å². The molecule has 5 rings (SSSR count). The molecular formula is C24H23N7O2. The van der Waals surface area contributed by atoms with E-state index < -0.39 is 0 Å². The zero-order valence-electron chi connectivity index (χ0n) is 18.0. The average Bonchev–Trinajstić information content (AvgIpc) is 3.50. The van der Waals surface area contributed by atoms with Crippen molar-refractivity contribution in [1.29, 1.82) is 0 Å². The normalized spacial score (nSPS) is 12.2. The van der Waals surface area contributed by atoms with E-state index in [1.807, 2.05) is 60.2 Å². The van der Waals surface area contributed by atoms with E-state index >= 15 is 0 Å². The molecule has 0 aliphatic carbocycles. The fourth-order valence-corrected chi connectivity index (χ4v) is 3.93. The van der Waals surface area contributed by atoms with Crippen LogP contribution in [0.3, 0.4) is 0 Å². The SMILES string of the molecule is Cc1cc(-n2ccnc2)cc2[nH]c(-c3c(N[C@H](CO)Cc4ccccc4)nc[nH]c3=O)nc12. The maximum Gasteiger partial charge on any atom is 0.263 e. The Morgan fingerprint density at radius 1 is 1.21 bits per heavy atom. The summed E-state index contributed by atoms with van der Waals surface area (Å²) in [7, 11) is 0. The summed E-state index contributed by atoms with van der Waals surface area (Å²) >= 11 is 0. The summed E-state index contributed by atoms with van der Waals surface area (Å²) in [4.78, 5) is 31.9. The summed E-state index contributed by atoms with van der Waals surface area (Å²) in [5, 5.41) is 13.2. The molecule has 9 heteroatoms. The van der Waals surface area contributed by atoms with Crippen LogP contribution in [0.5, 0.6) is 0 Å². The molecule has 0 bridgehead atoms. The second-order valence-corrected chi connectivity index (χ2v) is 7.88. The summed E-state index contributed by atoms with van der Waals surface area (Å²) in [5.74, 6) is 0.768. The third-order valence-electron chi connectivity index (χ3n) is 5.54. The molecule has 0 unspecified atom stereocenters. The summed E-state index contributed by atoms with van der Waals surface area (Å²) < 4.78 is 1.91. The summed E-state index contributed by atoms with van der Waals surface area (Å²) in [5.41, 5.74) is 4.51. The first-order chi connectivity index (χ1) is 16.1. The van der Waals surface area contributed by atoms with Crippen molar-refractivity contribution in [3.05, 3.63) is 89.0 Å². The van der Waals surface area contributed by atoms with Gasteiger partial charge in [-0.2, -0.15) is 0 Å². The molecule has 166 valence electrons. The molecule has 0 saturated heterocycles. The van der Waals surface area contributed by atoms with Gasteiger partial charge in [-0.05, 0) is 36.6 Å². The van der Waals surface area contributed by atoms with Crippen LogP contribution in [0.1, 0.15) is 11.1 Å². The fraction of sp³-hybridized carbons (Fsp3) is 0.167. The Bertz CT molecular complexity index is 1440. The van der Waals surface area contributed by atoms with Gasteiger partial charge in [0.15, 0.2) is 0 Å². The van der Waals surface area contributed by atoms with Crippen LogP contribution in [0.15, 0.2) is 72.3 Å². The molecule has 0 fully saturated rings. The zero-order chi connectivity index (χ0) is 22.8. The largest absolute Gasteiger partial charge is 0.394 e. The highest BCUT2D eigenvalue weighted by atomic mass is 16.3. The number of hydrogen-bond donors (Lipinski definition) is 4. The smallest absolute Gasteiger partial charge is 0.263 e. The van der Waals surface area contributed by atoms with E-state index in [0.29, 0.717) is 23.6 Å². The van der Waals surface area contributed by atoms with Crippen LogP contribution in [0.4, 0.5) is 5.82 Å². The lowest BCUT2D eigenvalue weighted by Crippen LogP contribution is -2.28. The molecule has 0 saturated carbocycles. The van der Waals surface area contributed by atoms with Crippen LogP contribution in [0.2, 0.25) is 0 Å². The lowest BCUT2D eigenvalue weighted by atomic mass is 10.1. The first-order valence-corrected chi connectivity index (χ1v) is 10.6. The topological polar surface area (TPSA) is 125 Å². The van der Waals surface area contributed by atoms with Gasteiger partial charge in [0.25, 0.3) is 5.56 Å². The summed E-state index contributed by atoms with van der Waals surface area (Å²) in [6.07, 6.45) is 7.24. The van der Waals surface area contributed by atoms with Crippen molar-refractivity contribution in [1.82, 2.24) is 29.5 Å². The molecule has 0 aliphatic heterocycles. The van der Waals surface area contributed by atoms with Crippen molar-refractivity contribution < 1.29 is 5.11 Å². The zero-order valence-corrected chi connectivity index (χ0v) is 18.0. The van der Waals surface area contributed by atoms with Crippen LogP contribution in [0.25, 0.3) is 28.1 Å². The molecule has 3 heterocycles. The Kier molecular flexibility index (Phi) is 5.45. The number of nitrogens with zero attached hydrogens (tertiary/aromatic N) is 4. The second kappa shape index (κ2) is 8.71. The fourth-order valence-electron chi connectivity index (χ4n) is 3.93. The van der Waals surface area contributed by atoms with Crippen LogP contribution in [-0.4, -0.2) is 47.2 Å². The number of benzene rings is 2. The number of anilines is 1. The Morgan fingerprint density at radius 3 is 2.82 bits per heavy atom. The number of aryl methyl sites for hydroxylation is 1. The number of H-pyrrole nitrogens is 2. The Balaban J connectivity index is 1.53. The van der Waals surface area contributed by atoms with E-state index in [4.69, 9.17) is 4.98 Å². The minimum atomic E-state index is -0.324. The highest BCUT2D eigenvalue weighted by Gasteiger charge is 2.19. The Labute approximate surface area is 189 Å². The second-order valence-electron chi connectivity index (χ2n) is 7.88. The molecule has 0 spiro atoms. The number of fused-ring (bicyclic) bond motifs is 1. The van der Waals surface area contributed by atoms with Gasteiger partial charge in [0.2, 0.25) is 0 Å². The van der Waals surface area contributed by atoms with E-state index in [-0.39, 0.29) is 18.2 Å². The lowest BCUT2D eigenvalue weighted by Gasteiger charge is -2.18. The number of aliphatic hydroxyl groups is 1. The number of aromatic nitrogens is 6. The monoisotopic (exact) mass is 441 g/mol. The Morgan fingerprint density at radius 2 is 2.06 bits per heavy atom. The van der Waals surface area contributed by atoms with Crippen LogP contribution in [0, 0.1) is 6.92 Å². The third-order valence-corrected chi connectivity index (χ3v) is 5.54. The number of aromatic amines is 2. The van der Waals surface area contributed by atoms with E-state index in [9.17, 15) is 9.90 Å². The minimum Gasteiger partial charge on any atom is -0.394 e. The molecule has 1 atom stereocenters. The van der Waals surface area contributed by atoms with Crippen LogP contribution >= 0.6 is 0 Å². The van der Waals surface area contributed by atoms with E-state index in [1.54, 1.807) is 12.5 Å². The average molecular weight is 441 g/mol. The molecule has 0 aliphatic rings. The van der Waals surface area contributed by atoms with Gasteiger partial charge in [-0.15, -0.1) is 0 Å². The van der Waals surface area contributed by atoms with Gasteiger partial charge in [0, 0.05) is 18.1 Å². The first-order valence-electron chi connectivity index (χ1n) is 10.6. The molecular weight excluding hydrogens is 418 g/mol.